The van der Waals surface area contributed by atoms with Crippen LogP contribution < -0.4 is 16.0 Å². The van der Waals surface area contributed by atoms with Crippen LogP contribution in [-0.4, -0.2) is 25.9 Å². The minimum atomic E-state index is 0.113. The van der Waals surface area contributed by atoms with E-state index in [2.05, 4.69) is 18.4 Å². The Kier molecular flexibility index (Phi) is 6.72. The molecule has 0 aliphatic carbocycles. The van der Waals surface area contributed by atoms with Crippen molar-refractivity contribution in [1.82, 2.24) is 5.43 Å². The molecule has 0 bridgehead atoms. The van der Waals surface area contributed by atoms with E-state index in [1.165, 1.54) is 5.56 Å². The summed E-state index contributed by atoms with van der Waals surface area (Å²) in [4.78, 5) is 0. The molecule has 0 amide bonds. The highest BCUT2D eigenvalue weighted by Gasteiger charge is 2.19. The molecule has 4 nitrogen and oxygen atoms in total. The highest BCUT2D eigenvalue weighted by atomic mass is 16.5. The summed E-state index contributed by atoms with van der Waals surface area (Å²) in [6.45, 7) is 4.81. The first-order chi connectivity index (χ1) is 8.74. The van der Waals surface area contributed by atoms with Gasteiger partial charge in [-0.05, 0) is 37.5 Å². The zero-order chi connectivity index (χ0) is 13.4. The Morgan fingerprint density at radius 1 is 1.33 bits per heavy atom. The van der Waals surface area contributed by atoms with Crippen molar-refractivity contribution in [3.63, 3.8) is 0 Å². The summed E-state index contributed by atoms with van der Waals surface area (Å²) in [5.41, 5.74) is 4.05. The number of benzene rings is 1. The number of nitrogens with one attached hydrogen (secondary N) is 1. The first-order valence-electron chi connectivity index (χ1n) is 6.45. The lowest BCUT2D eigenvalue weighted by molar-refractivity contribution is 0.0319. The van der Waals surface area contributed by atoms with E-state index in [0.717, 1.165) is 18.6 Å². The summed E-state index contributed by atoms with van der Waals surface area (Å²) in [6, 6.07) is 8.15. The molecule has 0 radical (unpaired) electrons. The van der Waals surface area contributed by atoms with Gasteiger partial charge in [0.1, 0.15) is 5.75 Å². The van der Waals surface area contributed by atoms with Crippen LogP contribution in [0.4, 0.5) is 0 Å². The van der Waals surface area contributed by atoms with Gasteiger partial charge in [-0.25, -0.2) is 0 Å². The predicted octanol–water partition coefficient (Wildman–Crippen LogP) is 1.88. The first kappa shape index (κ1) is 15.0. The summed E-state index contributed by atoms with van der Waals surface area (Å²) in [5.74, 6) is 6.50. The fraction of sp³-hybridized carbons (Fsp3) is 0.571. The highest BCUT2D eigenvalue weighted by Crippen LogP contribution is 2.16. The first-order valence-corrected chi connectivity index (χ1v) is 6.45. The molecule has 102 valence electrons. The van der Waals surface area contributed by atoms with Crippen LogP contribution in [0.2, 0.25) is 0 Å². The Hall–Kier alpha value is -1.10. The van der Waals surface area contributed by atoms with E-state index in [1.807, 2.05) is 25.1 Å². The zero-order valence-electron chi connectivity index (χ0n) is 11.5. The third-order valence-electron chi connectivity index (χ3n) is 3.04. The molecular weight excluding hydrogens is 228 g/mol. The number of hydrazine groups is 1. The molecular formula is C14H24N2O2. The number of ether oxygens (including phenoxy) is 2. The summed E-state index contributed by atoms with van der Waals surface area (Å²) in [6.07, 6.45) is 1.89. The van der Waals surface area contributed by atoms with Crippen molar-refractivity contribution < 1.29 is 9.47 Å². The fourth-order valence-electron chi connectivity index (χ4n) is 2.08. The number of hydrogen-bond acceptors (Lipinski definition) is 4. The zero-order valence-corrected chi connectivity index (χ0v) is 11.5. The van der Waals surface area contributed by atoms with Crippen LogP contribution >= 0.6 is 0 Å². The Morgan fingerprint density at radius 2 is 2.11 bits per heavy atom. The van der Waals surface area contributed by atoms with Gasteiger partial charge in [0.2, 0.25) is 0 Å². The molecule has 0 aromatic heterocycles. The second kappa shape index (κ2) is 8.08. The lowest BCUT2D eigenvalue weighted by Gasteiger charge is -2.25. The SMILES string of the molecule is CCOC(CC)C(Cc1cccc(OC)c1)NN. The van der Waals surface area contributed by atoms with E-state index >= 15 is 0 Å². The van der Waals surface area contributed by atoms with Crippen molar-refractivity contribution in [2.24, 2.45) is 5.84 Å². The molecule has 0 fully saturated rings. The second-order valence-electron chi connectivity index (χ2n) is 4.23. The number of methoxy groups -OCH3 is 1. The molecule has 1 aromatic rings. The van der Waals surface area contributed by atoms with Crippen LogP contribution in [0.15, 0.2) is 24.3 Å². The summed E-state index contributed by atoms with van der Waals surface area (Å²) in [7, 11) is 1.67. The van der Waals surface area contributed by atoms with Gasteiger partial charge < -0.3 is 9.47 Å². The molecule has 1 aromatic carbocycles. The van der Waals surface area contributed by atoms with E-state index in [4.69, 9.17) is 15.3 Å². The lowest BCUT2D eigenvalue weighted by Crippen LogP contribution is -2.46. The van der Waals surface area contributed by atoms with Crippen LogP contribution in [-0.2, 0) is 11.2 Å². The van der Waals surface area contributed by atoms with Gasteiger partial charge in [-0.2, -0.15) is 0 Å². The predicted molar refractivity (Wildman–Crippen MR) is 73.5 cm³/mol. The molecule has 0 heterocycles. The number of nitrogens with two attached hydrogens (primary N) is 1. The molecule has 1 rings (SSSR count). The summed E-state index contributed by atoms with van der Waals surface area (Å²) >= 11 is 0. The summed E-state index contributed by atoms with van der Waals surface area (Å²) in [5, 5.41) is 0. The molecule has 0 saturated carbocycles. The van der Waals surface area contributed by atoms with Crippen LogP contribution in [0, 0.1) is 0 Å². The molecule has 0 spiro atoms. The van der Waals surface area contributed by atoms with Gasteiger partial charge in [-0.3, -0.25) is 11.3 Å². The number of hydrogen-bond donors (Lipinski definition) is 2. The van der Waals surface area contributed by atoms with Crippen LogP contribution in [0.5, 0.6) is 5.75 Å². The lowest BCUT2D eigenvalue weighted by atomic mass is 10.00. The third-order valence-corrected chi connectivity index (χ3v) is 3.04. The molecule has 3 N–H and O–H groups in total. The van der Waals surface area contributed by atoms with E-state index in [9.17, 15) is 0 Å². The van der Waals surface area contributed by atoms with E-state index < -0.39 is 0 Å². The molecule has 2 unspecified atom stereocenters. The van der Waals surface area contributed by atoms with Gasteiger partial charge in [0.15, 0.2) is 0 Å². The quantitative estimate of drug-likeness (QED) is 0.548. The monoisotopic (exact) mass is 252 g/mol. The van der Waals surface area contributed by atoms with E-state index in [0.29, 0.717) is 6.61 Å². The maximum atomic E-state index is 5.70. The van der Waals surface area contributed by atoms with Crippen molar-refractivity contribution in [3.8, 4) is 5.75 Å². The Morgan fingerprint density at radius 3 is 2.67 bits per heavy atom. The van der Waals surface area contributed by atoms with Crippen molar-refractivity contribution in [3.05, 3.63) is 29.8 Å². The topological polar surface area (TPSA) is 56.5 Å². The maximum Gasteiger partial charge on any atom is 0.119 e. The summed E-state index contributed by atoms with van der Waals surface area (Å²) < 4.78 is 10.9. The maximum absolute atomic E-state index is 5.70. The Labute approximate surface area is 109 Å². The van der Waals surface area contributed by atoms with Crippen molar-refractivity contribution in [2.45, 2.75) is 38.8 Å². The minimum Gasteiger partial charge on any atom is -0.497 e. The highest BCUT2D eigenvalue weighted by molar-refractivity contribution is 5.29. The van der Waals surface area contributed by atoms with Gasteiger partial charge in [-0.15, -0.1) is 0 Å². The minimum absolute atomic E-state index is 0.113. The fourth-order valence-corrected chi connectivity index (χ4v) is 2.08. The van der Waals surface area contributed by atoms with Gasteiger partial charge in [-0.1, -0.05) is 19.1 Å². The van der Waals surface area contributed by atoms with Crippen LogP contribution in [0.1, 0.15) is 25.8 Å². The largest absolute Gasteiger partial charge is 0.497 e. The van der Waals surface area contributed by atoms with E-state index in [-0.39, 0.29) is 12.1 Å². The Bertz CT molecular complexity index is 344. The van der Waals surface area contributed by atoms with Crippen molar-refractivity contribution >= 4 is 0 Å². The van der Waals surface area contributed by atoms with Gasteiger partial charge in [0.25, 0.3) is 0 Å². The van der Waals surface area contributed by atoms with Gasteiger partial charge in [0, 0.05) is 6.61 Å². The molecule has 2 atom stereocenters. The van der Waals surface area contributed by atoms with Crippen LogP contribution in [0.3, 0.4) is 0 Å². The smallest absolute Gasteiger partial charge is 0.119 e. The Balaban J connectivity index is 2.71. The average Bonchev–Trinajstić information content (AvgIpc) is 2.42. The van der Waals surface area contributed by atoms with Crippen molar-refractivity contribution in [2.75, 3.05) is 13.7 Å². The number of rotatable bonds is 8. The van der Waals surface area contributed by atoms with Gasteiger partial charge in [0.05, 0.1) is 19.3 Å². The van der Waals surface area contributed by atoms with Crippen molar-refractivity contribution in [1.29, 1.82) is 0 Å². The molecule has 0 aliphatic rings. The average molecular weight is 252 g/mol. The normalized spacial score (nSPS) is 14.2. The molecule has 4 heteroatoms. The second-order valence-corrected chi connectivity index (χ2v) is 4.23. The molecule has 0 saturated heterocycles. The van der Waals surface area contributed by atoms with E-state index in [1.54, 1.807) is 7.11 Å². The molecule has 0 aliphatic heterocycles. The standard InChI is InChI=1S/C14H24N2O2/c1-4-14(18-5-2)13(16-15)10-11-7-6-8-12(9-11)17-3/h6-9,13-14,16H,4-5,10,15H2,1-3H3. The molecule has 18 heavy (non-hydrogen) atoms. The van der Waals surface area contributed by atoms with Crippen LogP contribution in [0.25, 0.3) is 0 Å². The van der Waals surface area contributed by atoms with Gasteiger partial charge >= 0.3 is 0 Å². The third kappa shape index (κ3) is 4.29.